The summed E-state index contributed by atoms with van der Waals surface area (Å²) in [4.78, 5) is 34.6. The number of hydrogen-bond donors (Lipinski definition) is 1. The first kappa shape index (κ1) is 22.4. The fraction of sp³-hybridized carbons (Fsp3) is 0.667. The van der Waals surface area contributed by atoms with Gasteiger partial charge in [-0.2, -0.15) is 5.10 Å². The summed E-state index contributed by atoms with van der Waals surface area (Å²) in [6.45, 7) is 6.66. The monoisotopic (exact) mass is 503 g/mol. The first-order chi connectivity index (χ1) is 13.1. The number of aryl methyl sites for hydroxylation is 1. The molecule has 9 nitrogen and oxygen atoms in total. The molecule has 0 spiro atoms. The van der Waals surface area contributed by atoms with Gasteiger partial charge in [-0.15, -0.1) is 24.0 Å². The van der Waals surface area contributed by atoms with Crippen LogP contribution in [0.2, 0.25) is 0 Å². The molecule has 2 fully saturated rings. The van der Waals surface area contributed by atoms with Gasteiger partial charge in [0, 0.05) is 58.9 Å². The standard InChI is InChI=1S/C18H29N7O2.HI/c1-3-19-18(20-7-5-9-23-8-4-6-16(23)26)24-10-11-25(17(27)14-24)15-12-21-22(2)13-15;/h12-13H,3-11,14H2,1-2H3,(H,19,20);1H. The van der Waals surface area contributed by atoms with Crippen molar-refractivity contribution in [2.45, 2.75) is 26.2 Å². The van der Waals surface area contributed by atoms with Crippen LogP contribution in [0.1, 0.15) is 26.2 Å². The molecular formula is C18H30IN7O2. The number of guanidine groups is 1. The van der Waals surface area contributed by atoms with Crippen molar-refractivity contribution >= 4 is 47.4 Å². The number of carbonyl (C=O) groups excluding carboxylic acids is 2. The van der Waals surface area contributed by atoms with Gasteiger partial charge in [-0.1, -0.05) is 0 Å². The zero-order valence-electron chi connectivity index (χ0n) is 16.6. The molecule has 2 aliphatic rings. The third-order valence-electron chi connectivity index (χ3n) is 4.88. The van der Waals surface area contributed by atoms with Crippen molar-refractivity contribution in [2.75, 3.05) is 50.7 Å². The minimum atomic E-state index is 0. The molecule has 28 heavy (non-hydrogen) atoms. The topological polar surface area (TPSA) is 86.1 Å². The maximum absolute atomic E-state index is 12.6. The Labute approximate surface area is 183 Å². The molecule has 0 aliphatic carbocycles. The summed E-state index contributed by atoms with van der Waals surface area (Å²) in [6.07, 6.45) is 6.05. The van der Waals surface area contributed by atoms with Crippen molar-refractivity contribution in [3.8, 4) is 0 Å². The zero-order valence-corrected chi connectivity index (χ0v) is 19.0. The van der Waals surface area contributed by atoms with Gasteiger partial charge in [0.25, 0.3) is 0 Å². The van der Waals surface area contributed by atoms with Crippen LogP contribution >= 0.6 is 24.0 Å². The number of nitrogens with zero attached hydrogens (tertiary/aromatic N) is 6. The molecule has 1 aromatic heterocycles. The number of amides is 2. The fourth-order valence-corrected chi connectivity index (χ4v) is 3.49. The van der Waals surface area contributed by atoms with E-state index in [4.69, 9.17) is 0 Å². The molecule has 2 amide bonds. The Kier molecular flexibility index (Phi) is 8.52. The number of hydrogen-bond acceptors (Lipinski definition) is 4. The number of rotatable bonds is 6. The summed E-state index contributed by atoms with van der Waals surface area (Å²) in [6, 6.07) is 0. The maximum Gasteiger partial charge on any atom is 0.246 e. The van der Waals surface area contributed by atoms with Crippen LogP contribution in [-0.2, 0) is 16.6 Å². The zero-order chi connectivity index (χ0) is 19.2. The van der Waals surface area contributed by atoms with Crippen LogP contribution in [0.15, 0.2) is 17.4 Å². The molecule has 156 valence electrons. The molecule has 2 saturated heterocycles. The summed E-state index contributed by atoms with van der Waals surface area (Å²) in [5.74, 6) is 1.06. The fourth-order valence-electron chi connectivity index (χ4n) is 3.49. The molecule has 0 bridgehead atoms. The van der Waals surface area contributed by atoms with Gasteiger partial charge in [0.15, 0.2) is 5.96 Å². The Bertz CT molecular complexity index is 706. The second-order valence-corrected chi connectivity index (χ2v) is 6.91. The van der Waals surface area contributed by atoms with Crippen LogP contribution in [0.3, 0.4) is 0 Å². The van der Waals surface area contributed by atoms with Crippen molar-refractivity contribution < 1.29 is 9.59 Å². The Morgan fingerprint density at radius 3 is 2.68 bits per heavy atom. The van der Waals surface area contributed by atoms with Gasteiger partial charge in [0.1, 0.15) is 6.54 Å². The van der Waals surface area contributed by atoms with Crippen molar-refractivity contribution in [2.24, 2.45) is 12.0 Å². The molecular weight excluding hydrogens is 473 g/mol. The minimum absolute atomic E-state index is 0. The molecule has 3 rings (SSSR count). The lowest BCUT2D eigenvalue weighted by atomic mass is 10.3. The minimum Gasteiger partial charge on any atom is -0.357 e. The second-order valence-electron chi connectivity index (χ2n) is 6.91. The Morgan fingerprint density at radius 1 is 1.25 bits per heavy atom. The van der Waals surface area contributed by atoms with Gasteiger partial charge in [-0.3, -0.25) is 19.3 Å². The predicted molar refractivity (Wildman–Crippen MR) is 119 cm³/mol. The van der Waals surface area contributed by atoms with E-state index in [1.54, 1.807) is 15.8 Å². The lowest BCUT2D eigenvalue weighted by molar-refractivity contribution is -0.127. The van der Waals surface area contributed by atoms with Crippen LogP contribution in [0.25, 0.3) is 0 Å². The molecule has 1 N–H and O–H groups in total. The van der Waals surface area contributed by atoms with E-state index in [2.05, 4.69) is 15.4 Å². The highest BCUT2D eigenvalue weighted by Gasteiger charge is 2.27. The van der Waals surface area contributed by atoms with E-state index >= 15 is 0 Å². The largest absolute Gasteiger partial charge is 0.357 e. The maximum atomic E-state index is 12.6. The van der Waals surface area contributed by atoms with E-state index in [0.29, 0.717) is 26.1 Å². The van der Waals surface area contributed by atoms with Gasteiger partial charge >= 0.3 is 0 Å². The molecule has 0 atom stereocenters. The average Bonchev–Trinajstić information content (AvgIpc) is 3.26. The Balaban J connectivity index is 0.00000280. The van der Waals surface area contributed by atoms with Crippen molar-refractivity contribution in [3.63, 3.8) is 0 Å². The van der Waals surface area contributed by atoms with E-state index in [1.807, 2.05) is 30.0 Å². The van der Waals surface area contributed by atoms with E-state index in [0.717, 1.165) is 50.7 Å². The van der Waals surface area contributed by atoms with E-state index < -0.39 is 0 Å². The number of halogens is 1. The summed E-state index contributed by atoms with van der Waals surface area (Å²) < 4.78 is 1.70. The number of carbonyl (C=O) groups is 2. The highest BCUT2D eigenvalue weighted by molar-refractivity contribution is 14.0. The van der Waals surface area contributed by atoms with Gasteiger partial charge in [-0.05, 0) is 19.8 Å². The van der Waals surface area contributed by atoms with Gasteiger partial charge < -0.3 is 20.0 Å². The SMILES string of the molecule is CCNC(=NCCCN1CCCC1=O)N1CCN(c2cnn(C)c2)C(=O)C1.I. The van der Waals surface area contributed by atoms with Crippen LogP contribution in [-0.4, -0.2) is 83.2 Å². The van der Waals surface area contributed by atoms with Crippen LogP contribution in [0.4, 0.5) is 5.69 Å². The van der Waals surface area contributed by atoms with E-state index in [1.165, 1.54) is 0 Å². The summed E-state index contributed by atoms with van der Waals surface area (Å²) in [7, 11) is 1.84. The number of aromatic nitrogens is 2. The number of anilines is 1. The molecule has 0 saturated carbocycles. The highest BCUT2D eigenvalue weighted by Crippen LogP contribution is 2.16. The van der Waals surface area contributed by atoms with Crippen LogP contribution in [0.5, 0.6) is 0 Å². The highest BCUT2D eigenvalue weighted by atomic mass is 127. The third-order valence-corrected chi connectivity index (χ3v) is 4.88. The van der Waals surface area contributed by atoms with Gasteiger partial charge in [0.2, 0.25) is 11.8 Å². The number of aliphatic imine (C=N–C) groups is 1. The predicted octanol–water partition coefficient (Wildman–Crippen LogP) is 0.665. The molecule has 0 unspecified atom stereocenters. The number of nitrogens with one attached hydrogen (secondary N) is 1. The summed E-state index contributed by atoms with van der Waals surface area (Å²) >= 11 is 0. The molecule has 2 aliphatic heterocycles. The van der Waals surface area contributed by atoms with E-state index in [9.17, 15) is 9.59 Å². The average molecular weight is 503 g/mol. The Morgan fingerprint density at radius 2 is 2.07 bits per heavy atom. The van der Waals surface area contributed by atoms with Crippen molar-refractivity contribution in [3.05, 3.63) is 12.4 Å². The van der Waals surface area contributed by atoms with Gasteiger partial charge in [0.05, 0.1) is 11.9 Å². The second kappa shape index (κ2) is 10.6. The normalized spacial score (nSPS) is 17.9. The van der Waals surface area contributed by atoms with Gasteiger partial charge in [-0.25, -0.2) is 0 Å². The number of likely N-dealkylation sites (tertiary alicyclic amines) is 1. The molecule has 1 aromatic rings. The van der Waals surface area contributed by atoms with Crippen LogP contribution in [0, 0.1) is 0 Å². The molecule has 3 heterocycles. The molecule has 0 aromatic carbocycles. The first-order valence-electron chi connectivity index (χ1n) is 9.68. The molecule has 10 heteroatoms. The smallest absolute Gasteiger partial charge is 0.246 e. The quantitative estimate of drug-likeness (QED) is 0.267. The third kappa shape index (κ3) is 5.58. The summed E-state index contributed by atoms with van der Waals surface area (Å²) in [5.41, 5.74) is 0.833. The molecule has 0 radical (unpaired) electrons. The van der Waals surface area contributed by atoms with Crippen molar-refractivity contribution in [1.29, 1.82) is 0 Å². The summed E-state index contributed by atoms with van der Waals surface area (Å²) in [5, 5.41) is 7.42. The van der Waals surface area contributed by atoms with E-state index in [-0.39, 0.29) is 35.8 Å². The van der Waals surface area contributed by atoms with Crippen LogP contribution < -0.4 is 10.2 Å². The lowest BCUT2D eigenvalue weighted by Crippen LogP contribution is -2.55. The number of piperazine rings is 1. The van der Waals surface area contributed by atoms with Crippen molar-refractivity contribution in [1.82, 2.24) is 24.9 Å². The lowest BCUT2D eigenvalue weighted by Gasteiger charge is -2.35. The Hall–Kier alpha value is -1.85. The first-order valence-corrected chi connectivity index (χ1v) is 9.68.